The van der Waals surface area contributed by atoms with Crippen LogP contribution in [0.1, 0.15) is 38.7 Å². The fourth-order valence-electron chi connectivity index (χ4n) is 2.50. The second-order valence-corrected chi connectivity index (χ2v) is 5.76. The molecule has 1 unspecified atom stereocenters. The van der Waals surface area contributed by atoms with E-state index in [1.165, 1.54) is 24.1 Å². The van der Waals surface area contributed by atoms with Crippen LogP contribution in [0.25, 0.3) is 0 Å². The minimum Gasteiger partial charge on any atom is -0.367 e. The summed E-state index contributed by atoms with van der Waals surface area (Å²) >= 11 is 6.43. The summed E-state index contributed by atoms with van der Waals surface area (Å²) in [5, 5.41) is 0.869. The van der Waals surface area contributed by atoms with Crippen molar-refractivity contribution in [3.8, 4) is 0 Å². The Labute approximate surface area is 115 Å². The minimum atomic E-state index is 0.171. The van der Waals surface area contributed by atoms with Crippen LogP contribution in [0.4, 0.5) is 5.69 Å². The molecule has 1 atom stereocenters. The summed E-state index contributed by atoms with van der Waals surface area (Å²) < 4.78 is 0. The Morgan fingerprint density at radius 3 is 2.72 bits per heavy atom. The van der Waals surface area contributed by atoms with E-state index in [0.717, 1.165) is 24.4 Å². The number of hydrogen-bond donors (Lipinski definition) is 1. The number of anilines is 1. The first-order chi connectivity index (χ1) is 8.63. The summed E-state index contributed by atoms with van der Waals surface area (Å²) in [6, 6.07) is 7.05. The number of hydrogen-bond acceptors (Lipinski definition) is 2. The van der Waals surface area contributed by atoms with E-state index < -0.39 is 0 Å². The van der Waals surface area contributed by atoms with E-state index in [-0.39, 0.29) is 6.04 Å². The third kappa shape index (κ3) is 3.18. The zero-order valence-corrected chi connectivity index (χ0v) is 12.1. The Morgan fingerprint density at radius 2 is 2.17 bits per heavy atom. The van der Waals surface area contributed by atoms with Crippen LogP contribution in [0, 0.1) is 0 Å². The van der Waals surface area contributed by atoms with Gasteiger partial charge in [-0.3, -0.25) is 0 Å². The molecule has 18 heavy (non-hydrogen) atoms. The van der Waals surface area contributed by atoms with Crippen LogP contribution in [0.2, 0.25) is 5.02 Å². The molecule has 1 saturated carbocycles. The number of nitrogens with two attached hydrogens (primary N) is 1. The van der Waals surface area contributed by atoms with Gasteiger partial charge in [0.15, 0.2) is 0 Å². The van der Waals surface area contributed by atoms with E-state index in [1.54, 1.807) is 0 Å². The van der Waals surface area contributed by atoms with Crippen LogP contribution in [0.3, 0.4) is 0 Å². The van der Waals surface area contributed by atoms with E-state index in [9.17, 15) is 0 Å². The van der Waals surface area contributed by atoms with Crippen molar-refractivity contribution in [2.24, 2.45) is 5.73 Å². The Balaban J connectivity index is 2.32. The van der Waals surface area contributed by atoms with Crippen molar-refractivity contribution >= 4 is 17.3 Å². The van der Waals surface area contributed by atoms with E-state index in [0.29, 0.717) is 6.04 Å². The third-order valence-corrected chi connectivity index (χ3v) is 3.66. The lowest BCUT2D eigenvalue weighted by Gasteiger charge is -2.28. The molecule has 1 aromatic rings. The molecule has 0 amide bonds. The molecular formula is C15H23ClN2. The van der Waals surface area contributed by atoms with Crippen molar-refractivity contribution in [2.75, 3.05) is 11.4 Å². The second kappa shape index (κ2) is 5.94. The Morgan fingerprint density at radius 1 is 1.44 bits per heavy atom. The fourth-order valence-corrected chi connectivity index (χ4v) is 2.80. The zero-order valence-electron chi connectivity index (χ0n) is 11.3. The monoisotopic (exact) mass is 266 g/mol. The molecule has 1 aliphatic carbocycles. The van der Waals surface area contributed by atoms with Gasteiger partial charge in [-0.1, -0.05) is 30.7 Å². The molecule has 0 heterocycles. The lowest BCUT2D eigenvalue weighted by atomic mass is 10.0. The van der Waals surface area contributed by atoms with Gasteiger partial charge in [0.2, 0.25) is 0 Å². The van der Waals surface area contributed by atoms with Gasteiger partial charge in [0, 0.05) is 18.6 Å². The van der Waals surface area contributed by atoms with Crippen LogP contribution >= 0.6 is 11.6 Å². The molecule has 1 fully saturated rings. The van der Waals surface area contributed by atoms with Gasteiger partial charge < -0.3 is 10.6 Å². The molecule has 0 radical (unpaired) electrons. The third-order valence-electron chi connectivity index (χ3n) is 3.35. The van der Waals surface area contributed by atoms with Crippen LogP contribution < -0.4 is 10.6 Å². The van der Waals surface area contributed by atoms with Gasteiger partial charge in [-0.05, 0) is 44.2 Å². The van der Waals surface area contributed by atoms with Crippen molar-refractivity contribution in [2.45, 2.75) is 51.6 Å². The SMILES string of the molecule is CCCN(c1c(Cl)cccc1CC(C)N)C1CC1. The molecule has 100 valence electrons. The summed E-state index contributed by atoms with van der Waals surface area (Å²) in [7, 11) is 0. The summed E-state index contributed by atoms with van der Waals surface area (Å²) in [6.07, 6.45) is 4.63. The first-order valence-electron chi connectivity index (χ1n) is 6.93. The van der Waals surface area contributed by atoms with Crippen LogP contribution in [0.5, 0.6) is 0 Å². The quantitative estimate of drug-likeness (QED) is 0.852. The number of benzene rings is 1. The van der Waals surface area contributed by atoms with Crippen LogP contribution in [0.15, 0.2) is 18.2 Å². The second-order valence-electron chi connectivity index (χ2n) is 5.35. The minimum absolute atomic E-state index is 0.171. The molecule has 1 aliphatic rings. The first-order valence-corrected chi connectivity index (χ1v) is 7.31. The molecule has 0 aromatic heterocycles. The van der Waals surface area contributed by atoms with Crippen molar-refractivity contribution < 1.29 is 0 Å². The molecule has 0 aliphatic heterocycles. The zero-order chi connectivity index (χ0) is 13.1. The van der Waals surface area contributed by atoms with Gasteiger partial charge >= 0.3 is 0 Å². The lowest BCUT2D eigenvalue weighted by molar-refractivity contribution is 0.719. The summed E-state index contributed by atoms with van der Waals surface area (Å²) in [5.41, 5.74) is 8.46. The highest BCUT2D eigenvalue weighted by Crippen LogP contribution is 2.38. The van der Waals surface area contributed by atoms with Crippen LogP contribution in [-0.2, 0) is 6.42 Å². The Hall–Kier alpha value is -0.730. The van der Waals surface area contributed by atoms with Crippen molar-refractivity contribution in [1.82, 2.24) is 0 Å². The lowest BCUT2D eigenvalue weighted by Crippen LogP contribution is -2.29. The number of halogens is 1. The largest absolute Gasteiger partial charge is 0.367 e. The Bertz CT molecular complexity index is 399. The van der Waals surface area contributed by atoms with E-state index in [1.807, 2.05) is 19.1 Å². The van der Waals surface area contributed by atoms with E-state index in [2.05, 4.69) is 17.9 Å². The van der Waals surface area contributed by atoms with E-state index in [4.69, 9.17) is 17.3 Å². The molecule has 2 N–H and O–H groups in total. The Kier molecular flexibility index (Phi) is 4.52. The number of nitrogens with zero attached hydrogens (tertiary/aromatic N) is 1. The molecule has 1 aromatic carbocycles. The molecular weight excluding hydrogens is 244 g/mol. The number of para-hydroxylation sites is 1. The van der Waals surface area contributed by atoms with Crippen molar-refractivity contribution in [1.29, 1.82) is 0 Å². The molecule has 0 bridgehead atoms. The van der Waals surface area contributed by atoms with Gasteiger partial charge in [-0.15, -0.1) is 0 Å². The summed E-state index contributed by atoms with van der Waals surface area (Å²) in [5.74, 6) is 0. The fraction of sp³-hybridized carbons (Fsp3) is 0.600. The van der Waals surface area contributed by atoms with Gasteiger partial charge in [0.1, 0.15) is 0 Å². The predicted octanol–water partition coefficient (Wildman–Crippen LogP) is 3.61. The predicted molar refractivity (Wildman–Crippen MR) is 79.5 cm³/mol. The van der Waals surface area contributed by atoms with Crippen molar-refractivity contribution in [3.05, 3.63) is 28.8 Å². The molecule has 0 saturated heterocycles. The smallest absolute Gasteiger partial charge is 0.0642 e. The summed E-state index contributed by atoms with van der Waals surface area (Å²) in [6.45, 7) is 5.35. The maximum atomic E-state index is 6.43. The van der Waals surface area contributed by atoms with Gasteiger partial charge in [0.05, 0.1) is 10.7 Å². The van der Waals surface area contributed by atoms with Crippen LogP contribution in [-0.4, -0.2) is 18.6 Å². The average Bonchev–Trinajstić information content (AvgIpc) is 3.10. The van der Waals surface area contributed by atoms with Gasteiger partial charge in [-0.25, -0.2) is 0 Å². The topological polar surface area (TPSA) is 29.3 Å². The first kappa shape index (κ1) is 13.7. The standard InChI is InChI=1S/C15H23ClN2/c1-3-9-18(13-7-8-13)15-12(10-11(2)17)5-4-6-14(15)16/h4-6,11,13H,3,7-10,17H2,1-2H3. The molecule has 2 nitrogen and oxygen atoms in total. The average molecular weight is 267 g/mol. The number of rotatable bonds is 6. The maximum absolute atomic E-state index is 6.43. The summed E-state index contributed by atoms with van der Waals surface area (Å²) in [4.78, 5) is 2.49. The van der Waals surface area contributed by atoms with Gasteiger partial charge in [-0.2, -0.15) is 0 Å². The normalized spacial score (nSPS) is 16.7. The highest BCUT2D eigenvalue weighted by atomic mass is 35.5. The van der Waals surface area contributed by atoms with Crippen molar-refractivity contribution in [3.63, 3.8) is 0 Å². The van der Waals surface area contributed by atoms with Gasteiger partial charge in [0.25, 0.3) is 0 Å². The van der Waals surface area contributed by atoms with E-state index >= 15 is 0 Å². The molecule has 2 rings (SSSR count). The highest BCUT2D eigenvalue weighted by Gasteiger charge is 2.31. The molecule has 0 spiro atoms. The molecule has 3 heteroatoms. The maximum Gasteiger partial charge on any atom is 0.0642 e. The highest BCUT2D eigenvalue weighted by molar-refractivity contribution is 6.33.